The molecule has 0 spiro atoms. The van der Waals surface area contributed by atoms with Gasteiger partial charge in [0.05, 0.1) is 9.95 Å². The van der Waals surface area contributed by atoms with Crippen molar-refractivity contribution in [1.29, 1.82) is 0 Å². The van der Waals surface area contributed by atoms with Gasteiger partial charge in [-0.2, -0.15) is 0 Å². The van der Waals surface area contributed by atoms with Crippen molar-refractivity contribution in [1.82, 2.24) is 0 Å². The van der Waals surface area contributed by atoms with E-state index >= 15 is 0 Å². The van der Waals surface area contributed by atoms with Gasteiger partial charge in [-0.1, -0.05) is 11.6 Å². The second kappa shape index (κ2) is 5.71. The van der Waals surface area contributed by atoms with Crippen molar-refractivity contribution >= 4 is 23.0 Å². The number of halogens is 2. The Kier molecular flexibility index (Phi) is 4.21. The molecule has 104 valence electrons. The van der Waals surface area contributed by atoms with Gasteiger partial charge in [0.25, 0.3) is 5.69 Å². The maximum Gasteiger partial charge on any atom is 0.294 e. The van der Waals surface area contributed by atoms with E-state index in [0.29, 0.717) is 31.2 Å². The lowest BCUT2D eigenvalue weighted by molar-refractivity contribution is -0.384. The molecule has 2 N–H and O–H groups in total. The van der Waals surface area contributed by atoms with E-state index in [1.54, 1.807) is 0 Å². The topological polar surface area (TPSA) is 72.4 Å². The van der Waals surface area contributed by atoms with Crippen molar-refractivity contribution in [2.45, 2.75) is 12.8 Å². The quantitative estimate of drug-likeness (QED) is 0.685. The highest BCUT2D eigenvalue weighted by Gasteiger charge is 2.26. The molecule has 1 heterocycles. The first-order valence-electron chi connectivity index (χ1n) is 6.11. The van der Waals surface area contributed by atoms with Gasteiger partial charge in [0.15, 0.2) is 0 Å². The number of hydrogen-bond donors (Lipinski definition) is 1. The maximum absolute atomic E-state index is 13.5. The van der Waals surface area contributed by atoms with Gasteiger partial charge in [0, 0.05) is 25.2 Å². The molecule has 7 heteroatoms. The van der Waals surface area contributed by atoms with Crippen LogP contribution in [0.25, 0.3) is 0 Å². The summed E-state index contributed by atoms with van der Waals surface area (Å²) in [6, 6.07) is 2.21. The van der Waals surface area contributed by atoms with Gasteiger partial charge < -0.3 is 10.6 Å². The Morgan fingerprint density at radius 2 is 2.11 bits per heavy atom. The van der Waals surface area contributed by atoms with E-state index in [1.165, 1.54) is 0 Å². The van der Waals surface area contributed by atoms with Crippen molar-refractivity contribution in [3.63, 3.8) is 0 Å². The number of anilines is 1. The summed E-state index contributed by atoms with van der Waals surface area (Å²) in [5.74, 6) is -0.198. The van der Waals surface area contributed by atoms with Gasteiger partial charge in [-0.3, -0.25) is 10.1 Å². The van der Waals surface area contributed by atoms with Crippen LogP contribution in [0, 0.1) is 21.8 Å². The van der Waals surface area contributed by atoms with Crippen LogP contribution in [0.5, 0.6) is 0 Å². The molecule has 0 bridgehead atoms. The van der Waals surface area contributed by atoms with Crippen molar-refractivity contribution in [3.8, 4) is 0 Å². The molecule has 0 aromatic heterocycles. The Morgan fingerprint density at radius 3 is 2.63 bits per heavy atom. The van der Waals surface area contributed by atoms with E-state index in [9.17, 15) is 14.5 Å². The molecule has 0 aliphatic carbocycles. The van der Waals surface area contributed by atoms with Crippen LogP contribution in [-0.2, 0) is 0 Å². The third-order valence-electron chi connectivity index (χ3n) is 3.50. The predicted molar refractivity (Wildman–Crippen MR) is 72.1 cm³/mol. The summed E-state index contributed by atoms with van der Waals surface area (Å²) in [5, 5.41) is 10.8. The van der Waals surface area contributed by atoms with E-state index in [0.717, 1.165) is 25.0 Å². The van der Waals surface area contributed by atoms with E-state index in [4.69, 9.17) is 17.3 Å². The van der Waals surface area contributed by atoms with E-state index in [-0.39, 0.29) is 10.7 Å². The third kappa shape index (κ3) is 2.96. The first kappa shape index (κ1) is 14.0. The monoisotopic (exact) mass is 287 g/mol. The summed E-state index contributed by atoms with van der Waals surface area (Å²) in [7, 11) is 0. The first-order valence-corrected chi connectivity index (χ1v) is 6.49. The molecule has 1 aromatic rings. The Bertz CT molecular complexity index is 490. The van der Waals surface area contributed by atoms with Gasteiger partial charge in [0.1, 0.15) is 11.5 Å². The van der Waals surface area contributed by atoms with E-state index < -0.39 is 10.7 Å². The van der Waals surface area contributed by atoms with Gasteiger partial charge >= 0.3 is 0 Å². The van der Waals surface area contributed by atoms with Crippen molar-refractivity contribution in [2.75, 3.05) is 24.5 Å². The predicted octanol–water partition coefficient (Wildman–Crippen LogP) is 2.56. The van der Waals surface area contributed by atoms with Crippen LogP contribution in [0.3, 0.4) is 0 Å². The minimum Gasteiger partial charge on any atom is -0.366 e. The lowest BCUT2D eigenvalue weighted by Gasteiger charge is -2.32. The molecule has 1 aliphatic rings. The third-order valence-corrected chi connectivity index (χ3v) is 3.79. The lowest BCUT2D eigenvalue weighted by Crippen LogP contribution is -2.36. The summed E-state index contributed by atoms with van der Waals surface area (Å²) in [6.45, 7) is 1.90. The molecule has 0 unspecified atom stereocenters. The molecule has 0 amide bonds. The summed E-state index contributed by atoms with van der Waals surface area (Å²) in [6.07, 6.45) is 1.72. The molecule has 5 nitrogen and oxygen atoms in total. The van der Waals surface area contributed by atoms with Gasteiger partial charge in [-0.25, -0.2) is 4.39 Å². The molecule has 1 aliphatic heterocycles. The number of piperidine rings is 1. The van der Waals surface area contributed by atoms with Crippen molar-refractivity contribution in [3.05, 3.63) is 33.1 Å². The van der Waals surface area contributed by atoms with Crippen LogP contribution in [-0.4, -0.2) is 24.6 Å². The fourth-order valence-corrected chi connectivity index (χ4v) is 2.49. The summed E-state index contributed by atoms with van der Waals surface area (Å²) in [5.41, 5.74) is 5.74. The molecule has 1 saturated heterocycles. The Hall–Kier alpha value is -1.40. The Balaban J connectivity index is 2.29. The zero-order valence-electron chi connectivity index (χ0n) is 10.3. The van der Waals surface area contributed by atoms with Crippen LogP contribution < -0.4 is 10.6 Å². The molecular formula is C12H15ClFN3O2. The standard InChI is InChI=1S/C12H15ClFN3O2/c13-9-5-12(17(18)19)11(6-10(9)14)16-3-1-8(7-15)2-4-16/h5-6,8H,1-4,7,15H2. The molecule has 1 aromatic carbocycles. The Labute approximate surface area is 115 Å². The fourth-order valence-electron chi connectivity index (χ4n) is 2.33. The number of benzene rings is 1. The van der Waals surface area contributed by atoms with Gasteiger partial charge in [-0.15, -0.1) is 0 Å². The van der Waals surface area contributed by atoms with E-state index in [2.05, 4.69) is 0 Å². The SMILES string of the molecule is NCC1CCN(c2cc(F)c(Cl)cc2[N+](=O)[O-])CC1. The lowest BCUT2D eigenvalue weighted by atomic mass is 9.96. The number of nitrogens with zero attached hydrogens (tertiary/aromatic N) is 2. The second-order valence-corrected chi connectivity index (χ2v) is 5.09. The molecule has 0 atom stereocenters. The van der Waals surface area contributed by atoms with Crippen LogP contribution in [0.15, 0.2) is 12.1 Å². The number of hydrogen-bond acceptors (Lipinski definition) is 4. The average Bonchev–Trinajstić information content (AvgIpc) is 2.41. The van der Waals surface area contributed by atoms with Crippen LogP contribution in [0.4, 0.5) is 15.8 Å². The normalized spacial score (nSPS) is 16.7. The molecule has 0 radical (unpaired) electrons. The Morgan fingerprint density at radius 1 is 1.47 bits per heavy atom. The molecule has 19 heavy (non-hydrogen) atoms. The maximum atomic E-state index is 13.5. The summed E-state index contributed by atoms with van der Waals surface area (Å²) >= 11 is 5.60. The highest BCUT2D eigenvalue weighted by atomic mass is 35.5. The minimum atomic E-state index is -0.636. The molecular weight excluding hydrogens is 273 g/mol. The average molecular weight is 288 g/mol. The molecule has 2 rings (SSSR count). The molecule has 1 fully saturated rings. The molecule has 0 saturated carbocycles. The first-order chi connectivity index (χ1) is 9.02. The highest BCUT2D eigenvalue weighted by Crippen LogP contribution is 2.35. The van der Waals surface area contributed by atoms with Crippen molar-refractivity contribution in [2.24, 2.45) is 11.7 Å². The number of nitrogens with two attached hydrogens (primary N) is 1. The van der Waals surface area contributed by atoms with Gasteiger partial charge in [-0.05, 0) is 25.3 Å². The summed E-state index contributed by atoms with van der Waals surface area (Å²) in [4.78, 5) is 12.3. The summed E-state index contributed by atoms with van der Waals surface area (Å²) < 4.78 is 13.5. The zero-order valence-corrected chi connectivity index (χ0v) is 11.1. The largest absolute Gasteiger partial charge is 0.366 e. The fraction of sp³-hybridized carbons (Fsp3) is 0.500. The van der Waals surface area contributed by atoms with Crippen molar-refractivity contribution < 1.29 is 9.31 Å². The van der Waals surface area contributed by atoms with Crippen LogP contribution >= 0.6 is 11.6 Å². The van der Waals surface area contributed by atoms with Crippen LogP contribution in [0.2, 0.25) is 5.02 Å². The number of nitro benzene ring substituents is 1. The minimum absolute atomic E-state index is 0.155. The smallest absolute Gasteiger partial charge is 0.294 e. The van der Waals surface area contributed by atoms with Gasteiger partial charge in [0.2, 0.25) is 0 Å². The number of nitro groups is 1. The zero-order chi connectivity index (χ0) is 14.0. The number of rotatable bonds is 3. The van der Waals surface area contributed by atoms with E-state index in [1.807, 2.05) is 4.90 Å². The highest BCUT2D eigenvalue weighted by molar-refractivity contribution is 6.31. The second-order valence-electron chi connectivity index (χ2n) is 4.68. The van der Waals surface area contributed by atoms with Crippen LogP contribution in [0.1, 0.15) is 12.8 Å².